The topological polar surface area (TPSA) is 59.3 Å². The molecule has 1 amide bonds. The first-order valence-electron chi connectivity index (χ1n) is 9.50. The molecule has 0 radical (unpaired) electrons. The van der Waals surface area contributed by atoms with Gasteiger partial charge in [0.15, 0.2) is 0 Å². The molecule has 3 aromatic rings. The third-order valence-corrected chi connectivity index (χ3v) is 5.63. The number of carbonyl (C=O) groups excluding carboxylic acids is 1. The van der Waals surface area contributed by atoms with Gasteiger partial charge in [-0.3, -0.25) is 4.79 Å². The van der Waals surface area contributed by atoms with Crippen LogP contribution in [0.3, 0.4) is 0 Å². The Labute approximate surface area is 169 Å². The number of rotatable bonds is 7. The van der Waals surface area contributed by atoms with Gasteiger partial charge in [-0.15, -0.1) is 11.8 Å². The van der Waals surface area contributed by atoms with Crippen molar-refractivity contribution in [2.24, 2.45) is 0 Å². The minimum Gasteiger partial charge on any atom is -0.423 e. The Kier molecular flexibility index (Phi) is 6.57. The Hall–Kier alpha value is -2.53. The quantitative estimate of drug-likeness (QED) is 0.548. The molecule has 0 atom stereocenters. The molecule has 1 heterocycles. The fourth-order valence-electron chi connectivity index (χ4n) is 3.17. The molecule has 0 fully saturated rings. The van der Waals surface area contributed by atoms with Crippen LogP contribution in [0.25, 0.3) is 11.0 Å². The Bertz CT molecular complexity index is 1040. The Morgan fingerprint density at radius 2 is 1.93 bits per heavy atom. The molecule has 0 aliphatic rings. The van der Waals surface area contributed by atoms with Crippen molar-refractivity contribution >= 4 is 34.3 Å². The van der Waals surface area contributed by atoms with Crippen molar-refractivity contribution in [1.82, 2.24) is 0 Å². The molecule has 4 nitrogen and oxygen atoms in total. The van der Waals surface area contributed by atoms with E-state index in [2.05, 4.69) is 26.1 Å². The minimum atomic E-state index is -0.355. The van der Waals surface area contributed by atoms with Crippen molar-refractivity contribution in [3.05, 3.63) is 75.6 Å². The summed E-state index contributed by atoms with van der Waals surface area (Å²) >= 11 is 1.49. The maximum absolute atomic E-state index is 12.4. The van der Waals surface area contributed by atoms with E-state index in [0.717, 1.165) is 34.2 Å². The number of hydrogen-bond donors (Lipinski definition) is 1. The summed E-state index contributed by atoms with van der Waals surface area (Å²) in [6.07, 6.45) is 0.886. The van der Waals surface area contributed by atoms with Gasteiger partial charge in [0.05, 0.1) is 5.75 Å². The molecule has 0 unspecified atom stereocenters. The molecule has 0 bridgehead atoms. The number of anilines is 1. The van der Waals surface area contributed by atoms with Gasteiger partial charge in [0.2, 0.25) is 5.91 Å². The van der Waals surface area contributed by atoms with E-state index in [1.165, 1.54) is 17.8 Å². The highest BCUT2D eigenvalue weighted by Crippen LogP contribution is 2.25. The van der Waals surface area contributed by atoms with Gasteiger partial charge >= 0.3 is 5.63 Å². The molecular weight excluding hydrogens is 370 g/mol. The van der Waals surface area contributed by atoms with Gasteiger partial charge < -0.3 is 9.73 Å². The van der Waals surface area contributed by atoms with Crippen molar-refractivity contribution < 1.29 is 9.21 Å². The van der Waals surface area contributed by atoms with Crippen LogP contribution in [-0.4, -0.2) is 11.7 Å². The highest BCUT2D eigenvalue weighted by Gasteiger charge is 2.11. The van der Waals surface area contributed by atoms with Crippen LogP contribution in [0.2, 0.25) is 0 Å². The van der Waals surface area contributed by atoms with E-state index in [1.807, 2.05) is 42.5 Å². The lowest BCUT2D eigenvalue weighted by molar-refractivity contribution is -0.113. The molecule has 2 aromatic carbocycles. The standard InChI is InChI=1S/C23H25NO3S/c1-4-16-9-10-19-17(12-23(26)27-21(19)11-16)13-28-14-22(25)24-20-8-6-5-7-18(20)15(2)3/h5-12,15H,4,13-14H2,1-3H3,(H,24,25). The van der Waals surface area contributed by atoms with Crippen LogP contribution in [0.4, 0.5) is 5.69 Å². The molecular formula is C23H25NO3S. The Morgan fingerprint density at radius 1 is 1.14 bits per heavy atom. The van der Waals surface area contributed by atoms with Gasteiger partial charge in [0.1, 0.15) is 5.58 Å². The number of para-hydroxylation sites is 1. The molecule has 1 aromatic heterocycles. The minimum absolute atomic E-state index is 0.0429. The summed E-state index contributed by atoms with van der Waals surface area (Å²) in [7, 11) is 0. The molecule has 1 N–H and O–H groups in total. The number of carbonyl (C=O) groups is 1. The van der Waals surface area contributed by atoms with Crippen LogP contribution in [0.1, 0.15) is 43.4 Å². The second-order valence-corrected chi connectivity index (χ2v) is 8.04. The summed E-state index contributed by atoms with van der Waals surface area (Å²) in [5.74, 6) is 1.19. The van der Waals surface area contributed by atoms with Crippen LogP contribution in [0.15, 0.2) is 57.7 Å². The zero-order valence-electron chi connectivity index (χ0n) is 16.5. The molecule has 0 saturated carbocycles. The first kappa shape index (κ1) is 20.2. The Morgan fingerprint density at radius 3 is 2.68 bits per heavy atom. The second kappa shape index (κ2) is 9.11. The van der Waals surface area contributed by atoms with Gasteiger partial charge in [0.25, 0.3) is 0 Å². The Balaban J connectivity index is 1.67. The molecule has 0 aliphatic heterocycles. The monoisotopic (exact) mass is 395 g/mol. The smallest absolute Gasteiger partial charge is 0.336 e. The first-order chi connectivity index (χ1) is 13.5. The molecule has 3 rings (SSSR count). The zero-order valence-corrected chi connectivity index (χ0v) is 17.3. The van der Waals surface area contributed by atoms with Crippen LogP contribution in [-0.2, 0) is 17.0 Å². The van der Waals surface area contributed by atoms with E-state index < -0.39 is 0 Å². The lowest BCUT2D eigenvalue weighted by Gasteiger charge is -2.13. The summed E-state index contributed by atoms with van der Waals surface area (Å²) in [5.41, 5.74) is 4.27. The summed E-state index contributed by atoms with van der Waals surface area (Å²) in [6.45, 7) is 6.28. The number of hydrogen-bond acceptors (Lipinski definition) is 4. The number of nitrogens with one attached hydrogen (secondary N) is 1. The molecule has 5 heteroatoms. The normalized spacial score (nSPS) is 11.1. The predicted octanol–water partition coefficient (Wildman–Crippen LogP) is 5.35. The average Bonchev–Trinajstić information content (AvgIpc) is 2.67. The van der Waals surface area contributed by atoms with Crippen molar-refractivity contribution in [3.8, 4) is 0 Å². The van der Waals surface area contributed by atoms with Crippen LogP contribution >= 0.6 is 11.8 Å². The molecule has 0 saturated heterocycles. The fourth-order valence-corrected chi connectivity index (χ4v) is 3.99. The molecule has 146 valence electrons. The second-order valence-electron chi connectivity index (χ2n) is 7.06. The number of amides is 1. The molecule has 0 aliphatic carbocycles. The number of thioether (sulfide) groups is 1. The van der Waals surface area contributed by atoms with Gasteiger partial charge in [-0.1, -0.05) is 51.1 Å². The number of fused-ring (bicyclic) bond motifs is 1. The molecule has 28 heavy (non-hydrogen) atoms. The highest BCUT2D eigenvalue weighted by molar-refractivity contribution is 7.99. The van der Waals surface area contributed by atoms with Gasteiger partial charge in [-0.25, -0.2) is 4.79 Å². The van der Waals surface area contributed by atoms with Crippen molar-refractivity contribution in [2.75, 3.05) is 11.1 Å². The lowest BCUT2D eigenvalue weighted by atomic mass is 10.0. The van der Waals surface area contributed by atoms with Crippen molar-refractivity contribution in [3.63, 3.8) is 0 Å². The van der Waals surface area contributed by atoms with Crippen molar-refractivity contribution in [2.45, 2.75) is 38.9 Å². The fraction of sp³-hybridized carbons (Fsp3) is 0.304. The lowest BCUT2D eigenvalue weighted by Crippen LogP contribution is -2.15. The van der Waals surface area contributed by atoms with E-state index in [0.29, 0.717) is 23.0 Å². The third-order valence-electron chi connectivity index (χ3n) is 4.65. The van der Waals surface area contributed by atoms with E-state index in [-0.39, 0.29) is 11.5 Å². The van der Waals surface area contributed by atoms with E-state index in [1.54, 1.807) is 0 Å². The van der Waals surface area contributed by atoms with E-state index in [9.17, 15) is 9.59 Å². The number of benzene rings is 2. The van der Waals surface area contributed by atoms with Gasteiger partial charge in [-0.05, 0) is 41.2 Å². The maximum Gasteiger partial charge on any atom is 0.336 e. The van der Waals surface area contributed by atoms with Crippen molar-refractivity contribution in [1.29, 1.82) is 0 Å². The summed E-state index contributed by atoms with van der Waals surface area (Å²) in [5, 5.41) is 3.93. The maximum atomic E-state index is 12.4. The third kappa shape index (κ3) is 4.84. The zero-order chi connectivity index (χ0) is 20.1. The SMILES string of the molecule is CCc1ccc2c(CSCC(=O)Nc3ccccc3C(C)C)cc(=O)oc2c1. The van der Waals surface area contributed by atoms with E-state index >= 15 is 0 Å². The van der Waals surface area contributed by atoms with Crippen LogP contribution in [0.5, 0.6) is 0 Å². The van der Waals surface area contributed by atoms with Gasteiger partial charge in [-0.2, -0.15) is 0 Å². The summed E-state index contributed by atoms with van der Waals surface area (Å²) in [6, 6.07) is 15.3. The largest absolute Gasteiger partial charge is 0.423 e. The summed E-state index contributed by atoms with van der Waals surface area (Å²) in [4.78, 5) is 24.3. The van der Waals surface area contributed by atoms with Crippen LogP contribution in [0, 0.1) is 0 Å². The highest BCUT2D eigenvalue weighted by atomic mass is 32.2. The van der Waals surface area contributed by atoms with Crippen LogP contribution < -0.4 is 10.9 Å². The average molecular weight is 396 g/mol. The van der Waals surface area contributed by atoms with Gasteiger partial charge in [0, 0.05) is 22.9 Å². The summed E-state index contributed by atoms with van der Waals surface area (Å²) < 4.78 is 5.34. The van der Waals surface area contributed by atoms with E-state index in [4.69, 9.17) is 4.42 Å². The molecule has 0 spiro atoms. The first-order valence-corrected chi connectivity index (χ1v) is 10.7. The number of aryl methyl sites for hydroxylation is 1. The predicted molar refractivity (Wildman–Crippen MR) is 117 cm³/mol.